The maximum atomic E-state index is 10.9. The van der Waals surface area contributed by atoms with Crippen LogP contribution in [0.3, 0.4) is 0 Å². The fourth-order valence-electron chi connectivity index (χ4n) is 10.6. The van der Waals surface area contributed by atoms with E-state index in [2.05, 4.69) is 54.5 Å². The molecule has 0 spiro atoms. The van der Waals surface area contributed by atoms with Crippen molar-refractivity contribution >= 4 is 0 Å². The number of allylic oxidation sites excluding steroid dienone is 2. The van der Waals surface area contributed by atoms with Gasteiger partial charge in [0.2, 0.25) is 0 Å². The fraction of sp³-hybridized carbons (Fsp3) is 0.933. The quantitative estimate of drug-likeness (QED) is 0.424. The molecule has 4 fully saturated rings. The third kappa shape index (κ3) is 2.78. The molecule has 0 aromatic rings. The first kappa shape index (κ1) is 23.4. The molecule has 0 saturated heterocycles. The van der Waals surface area contributed by atoms with E-state index in [1.54, 1.807) is 5.57 Å². The second-order valence-electron chi connectivity index (χ2n) is 15.1. The summed E-state index contributed by atoms with van der Waals surface area (Å²) in [6, 6.07) is 0. The summed E-state index contributed by atoms with van der Waals surface area (Å²) in [6.07, 6.45) is 14.6. The highest BCUT2D eigenvalue weighted by Gasteiger charge is 2.68. The average molecular weight is 443 g/mol. The number of aliphatic hydroxyl groups is 2. The molecular formula is C30H50O2. The van der Waals surface area contributed by atoms with Gasteiger partial charge < -0.3 is 10.2 Å². The fourth-order valence-corrected chi connectivity index (χ4v) is 10.6. The molecule has 182 valence electrons. The van der Waals surface area contributed by atoms with Crippen molar-refractivity contribution in [2.24, 2.45) is 50.2 Å². The number of aliphatic hydroxyl groups excluding tert-OH is 2. The smallest absolute Gasteiger partial charge is 0.0594 e. The van der Waals surface area contributed by atoms with E-state index in [4.69, 9.17) is 0 Å². The van der Waals surface area contributed by atoms with Gasteiger partial charge >= 0.3 is 0 Å². The van der Waals surface area contributed by atoms with Crippen molar-refractivity contribution in [2.75, 3.05) is 6.61 Å². The summed E-state index contributed by atoms with van der Waals surface area (Å²) >= 11 is 0. The first-order valence-electron chi connectivity index (χ1n) is 13.8. The summed E-state index contributed by atoms with van der Waals surface area (Å²) in [6.45, 7) is 17.8. The lowest BCUT2D eigenvalue weighted by molar-refractivity contribution is -0.204. The van der Waals surface area contributed by atoms with Crippen molar-refractivity contribution in [3.05, 3.63) is 11.6 Å². The number of fused-ring (bicyclic) bond motifs is 7. The molecule has 0 amide bonds. The van der Waals surface area contributed by atoms with Gasteiger partial charge in [0.1, 0.15) is 0 Å². The summed E-state index contributed by atoms with van der Waals surface area (Å²) in [7, 11) is 0. The van der Waals surface area contributed by atoms with Crippen molar-refractivity contribution in [3.8, 4) is 0 Å². The maximum absolute atomic E-state index is 10.9. The van der Waals surface area contributed by atoms with Gasteiger partial charge in [0, 0.05) is 12.0 Å². The predicted molar refractivity (Wildman–Crippen MR) is 132 cm³/mol. The Labute approximate surface area is 197 Å². The van der Waals surface area contributed by atoms with Crippen molar-refractivity contribution in [3.63, 3.8) is 0 Å². The Hall–Kier alpha value is -0.340. The standard InChI is InChI=1S/C30H50O2/c1-25(2)14-16-30(19-31)17-15-28(6)20(21(30)18-25)8-9-23-27(5)12-11-24(32)26(3,4)22(27)10-13-29(23,28)7/h8,21-24,31-32H,9-19H2,1-7H3/t21-,22+,23-,24+,27-,28+,29+,30+/m0/s1. The van der Waals surface area contributed by atoms with Gasteiger partial charge in [-0.05, 0) is 109 Å². The lowest BCUT2D eigenvalue weighted by Crippen LogP contribution is -2.64. The predicted octanol–water partition coefficient (Wildman–Crippen LogP) is 7.14. The van der Waals surface area contributed by atoms with Crippen LogP contribution in [-0.2, 0) is 0 Å². The van der Waals surface area contributed by atoms with Crippen LogP contribution >= 0.6 is 0 Å². The normalized spacial score (nSPS) is 53.8. The van der Waals surface area contributed by atoms with E-state index in [0.29, 0.717) is 40.6 Å². The molecule has 4 saturated carbocycles. The second kappa shape index (κ2) is 6.87. The number of rotatable bonds is 1. The van der Waals surface area contributed by atoms with E-state index >= 15 is 0 Å². The largest absolute Gasteiger partial charge is 0.396 e. The highest BCUT2D eigenvalue weighted by atomic mass is 16.3. The highest BCUT2D eigenvalue weighted by Crippen LogP contribution is 2.75. The van der Waals surface area contributed by atoms with Gasteiger partial charge in [-0.3, -0.25) is 0 Å². The molecule has 32 heavy (non-hydrogen) atoms. The molecule has 2 N–H and O–H groups in total. The third-order valence-corrected chi connectivity index (χ3v) is 13.1. The second-order valence-corrected chi connectivity index (χ2v) is 15.1. The van der Waals surface area contributed by atoms with E-state index in [1.807, 2.05) is 0 Å². The Morgan fingerprint density at radius 1 is 0.844 bits per heavy atom. The average Bonchev–Trinajstić information content (AvgIpc) is 2.71. The minimum Gasteiger partial charge on any atom is -0.396 e. The maximum Gasteiger partial charge on any atom is 0.0594 e. The zero-order valence-electron chi connectivity index (χ0n) is 22.1. The highest BCUT2D eigenvalue weighted by molar-refractivity contribution is 5.33. The van der Waals surface area contributed by atoms with E-state index in [0.717, 1.165) is 6.42 Å². The summed E-state index contributed by atoms with van der Waals surface area (Å²) in [5.41, 5.74) is 3.16. The molecule has 0 aromatic heterocycles. The number of hydrogen-bond acceptors (Lipinski definition) is 2. The van der Waals surface area contributed by atoms with Crippen LogP contribution in [0.1, 0.15) is 113 Å². The lowest BCUT2D eigenvalue weighted by atomic mass is 9.33. The Morgan fingerprint density at radius 2 is 1.53 bits per heavy atom. The van der Waals surface area contributed by atoms with Crippen molar-refractivity contribution in [2.45, 2.75) is 119 Å². The molecule has 0 aliphatic heterocycles. The molecule has 5 aliphatic carbocycles. The Balaban J connectivity index is 1.58. The molecular weight excluding hydrogens is 392 g/mol. The van der Waals surface area contributed by atoms with E-state index in [9.17, 15) is 10.2 Å². The van der Waals surface area contributed by atoms with E-state index in [-0.39, 0.29) is 22.3 Å². The molecule has 0 radical (unpaired) electrons. The van der Waals surface area contributed by atoms with Crippen LogP contribution < -0.4 is 0 Å². The molecule has 0 aromatic carbocycles. The first-order chi connectivity index (χ1) is 14.8. The van der Waals surface area contributed by atoms with Crippen LogP contribution in [-0.4, -0.2) is 22.9 Å². The van der Waals surface area contributed by atoms with E-state index in [1.165, 1.54) is 57.8 Å². The van der Waals surface area contributed by atoms with Crippen LogP contribution in [0.5, 0.6) is 0 Å². The molecule has 0 heterocycles. The van der Waals surface area contributed by atoms with Gasteiger partial charge in [-0.25, -0.2) is 0 Å². The van der Waals surface area contributed by atoms with Gasteiger partial charge in [0.25, 0.3) is 0 Å². The van der Waals surface area contributed by atoms with Crippen molar-refractivity contribution in [1.29, 1.82) is 0 Å². The number of hydrogen-bond donors (Lipinski definition) is 2. The van der Waals surface area contributed by atoms with Crippen LogP contribution in [0.25, 0.3) is 0 Å². The van der Waals surface area contributed by atoms with Crippen LogP contribution in [0, 0.1) is 50.2 Å². The molecule has 8 atom stereocenters. The third-order valence-electron chi connectivity index (χ3n) is 13.1. The summed E-state index contributed by atoms with van der Waals surface area (Å²) in [5, 5.41) is 21.5. The monoisotopic (exact) mass is 442 g/mol. The Kier molecular flexibility index (Phi) is 5.02. The summed E-state index contributed by atoms with van der Waals surface area (Å²) in [5.74, 6) is 1.87. The zero-order valence-corrected chi connectivity index (χ0v) is 22.1. The molecule has 0 unspecified atom stereocenters. The zero-order chi connectivity index (χ0) is 23.4. The SMILES string of the molecule is CC1(C)CC[C@]2(CO)CC[C@]3(C)C(=CC[C@H]4[C@@]5(C)CC[C@@H](O)C(C)(C)[C@H]5CC[C@]43C)[C@@H]2C1. The van der Waals surface area contributed by atoms with Crippen LogP contribution in [0.4, 0.5) is 0 Å². The topological polar surface area (TPSA) is 40.5 Å². The van der Waals surface area contributed by atoms with Crippen molar-refractivity contribution in [1.82, 2.24) is 0 Å². The van der Waals surface area contributed by atoms with E-state index < -0.39 is 0 Å². The molecule has 0 bridgehead atoms. The molecule has 5 rings (SSSR count). The Bertz CT molecular complexity index is 810. The van der Waals surface area contributed by atoms with Crippen LogP contribution in [0.15, 0.2) is 11.6 Å². The summed E-state index contributed by atoms with van der Waals surface area (Å²) in [4.78, 5) is 0. The van der Waals surface area contributed by atoms with Gasteiger partial charge in [-0.1, -0.05) is 60.1 Å². The van der Waals surface area contributed by atoms with Crippen LogP contribution in [0.2, 0.25) is 0 Å². The van der Waals surface area contributed by atoms with Gasteiger partial charge in [-0.15, -0.1) is 0 Å². The molecule has 2 nitrogen and oxygen atoms in total. The minimum absolute atomic E-state index is 0.0191. The molecule has 5 aliphatic rings. The Morgan fingerprint density at radius 3 is 2.22 bits per heavy atom. The molecule has 2 heteroatoms. The van der Waals surface area contributed by atoms with Crippen molar-refractivity contribution < 1.29 is 10.2 Å². The minimum atomic E-state index is -0.153. The van der Waals surface area contributed by atoms with Gasteiger partial charge in [-0.2, -0.15) is 0 Å². The first-order valence-corrected chi connectivity index (χ1v) is 13.8. The van der Waals surface area contributed by atoms with Gasteiger partial charge in [0.15, 0.2) is 0 Å². The summed E-state index contributed by atoms with van der Waals surface area (Å²) < 4.78 is 0. The lowest BCUT2D eigenvalue weighted by Gasteiger charge is -2.71. The van der Waals surface area contributed by atoms with Gasteiger partial charge in [0.05, 0.1) is 6.10 Å².